The standard InChI is InChI=1S/C15H12FNO5/c1-2-22-15(19)10-7-12(9-3-5-11(16)6-4-9)14(18)13(8-10)17(20)21/h3-8,18H,2H2,1H3. The highest BCUT2D eigenvalue weighted by molar-refractivity contribution is 5.93. The van der Waals surface area contributed by atoms with Gasteiger partial charge >= 0.3 is 11.7 Å². The Hall–Kier alpha value is -2.96. The lowest BCUT2D eigenvalue weighted by molar-refractivity contribution is -0.385. The van der Waals surface area contributed by atoms with Crippen LogP contribution in [0.4, 0.5) is 10.1 Å². The van der Waals surface area contributed by atoms with Crippen molar-refractivity contribution in [3.05, 3.63) is 57.9 Å². The number of benzene rings is 2. The van der Waals surface area contributed by atoms with Gasteiger partial charge in [0, 0.05) is 11.6 Å². The molecule has 0 saturated heterocycles. The number of esters is 1. The van der Waals surface area contributed by atoms with Gasteiger partial charge < -0.3 is 9.84 Å². The fourth-order valence-electron chi connectivity index (χ4n) is 1.94. The summed E-state index contributed by atoms with van der Waals surface area (Å²) in [4.78, 5) is 22.0. The number of nitrogens with zero attached hydrogens (tertiary/aromatic N) is 1. The zero-order valence-electron chi connectivity index (χ0n) is 11.6. The second kappa shape index (κ2) is 6.21. The molecule has 0 aliphatic heterocycles. The molecule has 0 aliphatic rings. The van der Waals surface area contributed by atoms with E-state index in [1.54, 1.807) is 6.92 Å². The maximum atomic E-state index is 13.0. The van der Waals surface area contributed by atoms with E-state index in [4.69, 9.17) is 4.74 Å². The van der Waals surface area contributed by atoms with Crippen LogP contribution in [0.15, 0.2) is 36.4 Å². The van der Waals surface area contributed by atoms with Crippen LogP contribution in [-0.2, 0) is 4.74 Å². The molecule has 0 aromatic heterocycles. The molecule has 0 atom stereocenters. The van der Waals surface area contributed by atoms with E-state index in [9.17, 15) is 24.4 Å². The molecule has 2 rings (SSSR count). The van der Waals surface area contributed by atoms with Gasteiger partial charge in [-0.15, -0.1) is 0 Å². The van der Waals surface area contributed by atoms with E-state index < -0.39 is 28.1 Å². The van der Waals surface area contributed by atoms with E-state index in [1.165, 1.54) is 18.2 Å². The van der Waals surface area contributed by atoms with Gasteiger partial charge in [0.1, 0.15) is 5.82 Å². The first-order valence-corrected chi connectivity index (χ1v) is 6.38. The van der Waals surface area contributed by atoms with Gasteiger partial charge in [-0.1, -0.05) is 12.1 Å². The Kier molecular flexibility index (Phi) is 4.36. The SMILES string of the molecule is CCOC(=O)c1cc(-c2ccc(F)cc2)c(O)c([N+](=O)[O-])c1. The number of phenols is 1. The Morgan fingerprint density at radius 3 is 2.50 bits per heavy atom. The van der Waals surface area contributed by atoms with Crippen molar-refractivity contribution in [1.29, 1.82) is 0 Å². The number of nitro benzene ring substituents is 1. The van der Waals surface area contributed by atoms with E-state index in [1.807, 2.05) is 0 Å². The fourth-order valence-corrected chi connectivity index (χ4v) is 1.94. The molecule has 0 fully saturated rings. The molecule has 2 aromatic rings. The maximum absolute atomic E-state index is 13.0. The molecular weight excluding hydrogens is 293 g/mol. The molecule has 0 bridgehead atoms. The average Bonchev–Trinajstić information content (AvgIpc) is 2.48. The summed E-state index contributed by atoms with van der Waals surface area (Å²) in [6, 6.07) is 7.22. The molecule has 0 spiro atoms. The van der Waals surface area contributed by atoms with Gasteiger partial charge in [0.05, 0.1) is 17.1 Å². The molecule has 2 aromatic carbocycles. The van der Waals surface area contributed by atoms with Crippen LogP contribution in [0.2, 0.25) is 0 Å². The number of hydrogen-bond acceptors (Lipinski definition) is 5. The minimum Gasteiger partial charge on any atom is -0.502 e. The normalized spacial score (nSPS) is 10.3. The number of halogens is 1. The molecule has 0 radical (unpaired) electrons. The van der Waals surface area contributed by atoms with E-state index in [2.05, 4.69) is 0 Å². The minimum atomic E-state index is -0.801. The zero-order valence-corrected chi connectivity index (χ0v) is 11.6. The summed E-state index contributed by atoms with van der Waals surface area (Å²) in [5.41, 5.74) is -0.291. The monoisotopic (exact) mass is 305 g/mol. The van der Waals surface area contributed by atoms with Gasteiger partial charge in [-0.2, -0.15) is 0 Å². The van der Waals surface area contributed by atoms with Crippen LogP contribution in [0.1, 0.15) is 17.3 Å². The first-order chi connectivity index (χ1) is 10.4. The molecule has 0 saturated carbocycles. The Labute approximate surface area is 124 Å². The average molecular weight is 305 g/mol. The summed E-state index contributed by atoms with van der Waals surface area (Å²) in [6.45, 7) is 1.72. The zero-order chi connectivity index (χ0) is 16.3. The van der Waals surface area contributed by atoms with Crippen molar-refractivity contribution in [3.63, 3.8) is 0 Å². The van der Waals surface area contributed by atoms with Crippen molar-refractivity contribution in [2.24, 2.45) is 0 Å². The predicted octanol–water partition coefficient (Wildman–Crippen LogP) is 3.28. The topological polar surface area (TPSA) is 89.7 Å². The lowest BCUT2D eigenvalue weighted by Gasteiger charge is -2.09. The summed E-state index contributed by atoms with van der Waals surface area (Å²) < 4.78 is 17.8. The number of carbonyl (C=O) groups is 1. The van der Waals surface area contributed by atoms with E-state index in [0.29, 0.717) is 5.56 Å². The molecule has 22 heavy (non-hydrogen) atoms. The third kappa shape index (κ3) is 3.03. The van der Waals surface area contributed by atoms with Crippen LogP contribution in [0.5, 0.6) is 5.75 Å². The summed E-state index contributed by atoms with van der Waals surface area (Å²) >= 11 is 0. The van der Waals surface area contributed by atoms with E-state index in [-0.39, 0.29) is 17.7 Å². The van der Waals surface area contributed by atoms with Crippen LogP contribution in [0.25, 0.3) is 11.1 Å². The van der Waals surface area contributed by atoms with Gasteiger partial charge in [0.15, 0.2) is 0 Å². The molecule has 114 valence electrons. The van der Waals surface area contributed by atoms with Crippen LogP contribution < -0.4 is 0 Å². The lowest BCUT2D eigenvalue weighted by atomic mass is 10.0. The number of phenolic OH excluding ortho intramolecular Hbond substituents is 1. The van der Waals surface area contributed by atoms with E-state index >= 15 is 0 Å². The number of aromatic hydroxyl groups is 1. The molecule has 0 unspecified atom stereocenters. The highest BCUT2D eigenvalue weighted by atomic mass is 19.1. The molecule has 0 heterocycles. The Bertz CT molecular complexity index is 727. The third-order valence-corrected chi connectivity index (χ3v) is 2.95. The Balaban J connectivity index is 2.63. The molecule has 6 nitrogen and oxygen atoms in total. The van der Waals surface area contributed by atoms with Gasteiger partial charge in [-0.05, 0) is 30.7 Å². The smallest absolute Gasteiger partial charge is 0.338 e. The number of hydrogen-bond donors (Lipinski definition) is 1. The Morgan fingerprint density at radius 2 is 1.95 bits per heavy atom. The maximum Gasteiger partial charge on any atom is 0.338 e. The Morgan fingerprint density at radius 1 is 1.32 bits per heavy atom. The molecular formula is C15H12FNO5. The van der Waals surface area contributed by atoms with Gasteiger partial charge in [0.2, 0.25) is 5.75 Å². The van der Waals surface area contributed by atoms with Gasteiger partial charge in [0.25, 0.3) is 0 Å². The first kappa shape index (κ1) is 15.4. The second-order valence-corrected chi connectivity index (χ2v) is 4.38. The van der Waals surface area contributed by atoms with Crippen molar-refractivity contribution in [1.82, 2.24) is 0 Å². The summed E-state index contributed by atoms with van der Waals surface area (Å²) in [7, 11) is 0. The van der Waals surface area contributed by atoms with Crippen molar-refractivity contribution in [2.45, 2.75) is 6.92 Å². The number of ether oxygens (including phenoxy) is 1. The molecule has 0 amide bonds. The van der Waals surface area contributed by atoms with Crippen LogP contribution >= 0.6 is 0 Å². The quantitative estimate of drug-likeness (QED) is 0.532. The summed E-state index contributed by atoms with van der Waals surface area (Å²) in [5.74, 6) is -1.82. The highest BCUT2D eigenvalue weighted by Crippen LogP contribution is 2.38. The van der Waals surface area contributed by atoms with Crippen LogP contribution in [-0.4, -0.2) is 22.6 Å². The molecule has 7 heteroatoms. The number of nitro groups is 1. The summed E-state index contributed by atoms with van der Waals surface area (Å²) in [6.07, 6.45) is 0. The van der Waals surface area contributed by atoms with Crippen molar-refractivity contribution < 1.29 is 24.0 Å². The molecule has 0 aliphatic carbocycles. The van der Waals surface area contributed by atoms with Gasteiger partial charge in [-0.3, -0.25) is 10.1 Å². The fraction of sp³-hybridized carbons (Fsp3) is 0.133. The van der Waals surface area contributed by atoms with Crippen LogP contribution in [0, 0.1) is 15.9 Å². The van der Waals surface area contributed by atoms with Crippen LogP contribution in [0.3, 0.4) is 0 Å². The van der Waals surface area contributed by atoms with E-state index in [0.717, 1.165) is 18.2 Å². The van der Waals surface area contributed by atoms with Gasteiger partial charge in [-0.25, -0.2) is 9.18 Å². The number of rotatable bonds is 4. The molecule has 1 N–H and O–H groups in total. The summed E-state index contributed by atoms with van der Waals surface area (Å²) in [5, 5.41) is 21.1. The first-order valence-electron chi connectivity index (χ1n) is 6.38. The highest BCUT2D eigenvalue weighted by Gasteiger charge is 2.23. The minimum absolute atomic E-state index is 0.0530. The van der Waals surface area contributed by atoms with Crippen molar-refractivity contribution in [2.75, 3.05) is 6.61 Å². The lowest BCUT2D eigenvalue weighted by Crippen LogP contribution is -2.06. The predicted molar refractivity (Wildman–Crippen MR) is 76.1 cm³/mol. The largest absolute Gasteiger partial charge is 0.502 e. The third-order valence-electron chi connectivity index (χ3n) is 2.95. The second-order valence-electron chi connectivity index (χ2n) is 4.38. The van der Waals surface area contributed by atoms with Crippen molar-refractivity contribution >= 4 is 11.7 Å². The number of carbonyl (C=O) groups excluding carboxylic acids is 1. The van der Waals surface area contributed by atoms with Crippen molar-refractivity contribution in [3.8, 4) is 16.9 Å².